The van der Waals surface area contributed by atoms with Gasteiger partial charge in [-0.3, -0.25) is 4.79 Å². The zero-order valence-corrected chi connectivity index (χ0v) is 19.0. The van der Waals surface area contributed by atoms with Gasteiger partial charge in [0.05, 0.1) is 23.1 Å². The molecular weight excluding hydrogens is 433 g/mol. The molecule has 0 unspecified atom stereocenters. The second kappa shape index (κ2) is 8.33. The Hall–Kier alpha value is -3.14. The topological polar surface area (TPSA) is 74.6 Å². The molecule has 3 heterocycles. The number of imidazole rings is 1. The van der Waals surface area contributed by atoms with Gasteiger partial charge in [-0.05, 0) is 37.7 Å². The highest BCUT2D eigenvalue weighted by molar-refractivity contribution is 5.96. The standard InChI is InChI=1S/C23H27F3N6O/c1-22(2,3)21(33)29-17-11-14(5-6-16(17)23(24,25)26)18-13-32-19(28-18)7-8-20(30-32)31-10-9-15(12-31)27-4/h5-8,11,13,15,27H,9-10,12H2,1-4H3,(H,29,33)/t15-/m1/s1. The third kappa shape index (κ3) is 4.80. The number of fused-ring (bicyclic) bond motifs is 1. The minimum Gasteiger partial charge on any atom is -0.354 e. The van der Waals surface area contributed by atoms with E-state index >= 15 is 0 Å². The molecule has 2 N–H and O–H groups in total. The average molecular weight is 461 g/mol. The van der Waals surface area contributed by atoms with E-state index in [2.05, 4.69) is 25.6 Å². The van der Waals surface area contributed by atoms with Gasteiger partial charge < -0.3 is 15.5 Å². The Balaban J connectivity index is 1.68. The van der Waals surface area contributed by atoms with E-state index in [0.29, 0.717) is 22.9 Å². The number of benzene rings is 1. The minimum absolute atomic E-state index is 0.291. The fraction of sp³-hybridized carbons (Fsp3) is 0.435. The molecule has 1 amide bonds. The molecule has 3 aromatic rings. The third-order valence-corrected chi connectivity index (χ3v) is 5.78. The Labute approximate surface area is 190 Å². The molecule has 10 heteroatoms. The highest BCUT2D eigenvalue weighted by atomic mass is 19.4. The average Bonchev–Trinajstić information content (AvgIpc) is 3.38. The highest BCUT2D eigenvalue weighted by Gasteiger charge is 2.35. The second-order valence-corrected chi connectivity index (χ2v) is 9.30. The van der Waals surface area contributed by atoms with Gasteiger partial charge in [0, 0.05) is 30.1 Å². The second-order valence-electron chi connectivity index (χ2n) is 9.30. The molecule has 0 bridgehead atoms. The number of aromatic nitrogens is 3. The van der Waals surface area contributed by atoms with Crippen molar-refractivity contribution in [2.45, 2.75) is 39.4 Å². The van der Waals surface area contributed by atoms with Gasteiger partial charge in [0.25, 0.3) is 0 Å². The van der Waals surface area contributed by atoms with Crippen LogP contribution in [0.25, 0.3) is 16.9 Å². The van der Waals surface area contributed by atoms with Gasteiger partial charge in [-0.1, -0.05) is 26.8 Å². The number of halogens is 3. The van der Waals surface area contributed by atoms with Crippen LogP contribution in [0.4, 0.5) is 24.7 Å². The zero-order chi connectivity index (χ0) is 24.0. The van der Waals surface area contributed by atoms with Crippen LogP contribution in [0.3, 0.4) is 0 Å². The first-order chi connectivity index (χ1) is 15.5. The molecule has 1 aliphatic rings. The first-order valence-corrected chi connectivity index (χ1v) is 10.8. The molecule has 0 saturated carbocycles. The van der Waals surface area contributed by atoms with E-state index in [1.54, 1.807) is 31.5 Å². The predicted molar refractivity (Wildman–Crippen MR) is 121 cm³/mol. The third-order valence-electron chi connectivity index (χ3n) is 5.78. The van der Waals surface area contributed by atoms with E-state index in [9.17, 15) is 18.0 Å². The number of nitrogens with zero attached hydrogens (tertiary/aromatic N) is 4. The SMILES string of the molecule is CN[C@@H]1CCN(c2ccc3nc(-c4ccc(C(F)(F)F)c(NC(=O)C(C)(C)C)c4)cn3n2)C1. The van der Waals surface area contributed by atoms with Crippen LogP contribution >= 0.6 is 0 Å². The fourth-order valence-electron chi connectivity index (χ4n) is 3.75. The molecule has 7 nitrogen and oxygen atoms in total. The van der Waals surface area contributed by atoms with Gasteiger partial charge in [-0.15, -0.1) is 5.10 Å². The number of carbonyl (C=O) groups is 1. The lowest BCUT2D eigenvalue weighted by Crippen LogP contribution is -2.30. The van der Waals surface area contributed by atoms with Crippen LogP contribution in [0.15, 0.2) is 36.5 Å². The number of hydrogen-bond acceptors (Lipinski definition) is 5. The van der Waals surface area contributed by atoms with Crippen LogP contribution in [-0.4, -0.2) is 46.7 Å². The lowest BCUT2D eigenvalue weighted by Gasteiger charge is -2.20. The first kappa shape index (κ1) is 23.0. The number of anilines is 2. The number of rotatable bonds is 4. The largest absolute Gasteiger partial charge is 0.418 e. The van der Waals surface area contributed by atoms with Crippen molar-refractivity contribution >= 4 is 23.1 Å². The summed E-state index contributed by atoms with van der Waals surface area (Å²) >= 11 is 0. The maximum atomic E-state index is 13.6. The summed E-state index contributed by atoms with van der Waals surface area (Å²) in [6.45, 7) is 6.67. The van der Waals surface area contributed by atoms with E-state index in [1.807, 2.05) is 19.2 Å². The van der Waals surface area contributed by atoms with Crippen LogP contribution < -0.4 is 15.5 Å². The van der Waals surface area contributed by atoms with Crippen molar-refractivity contribution in [3.05, 3.63) is 42.1 Å². The summed E-state index contributed by atoms with van der Waals surface area (Å²) in [5.41, 5.74) is -0.533. The summed E-state index contributed by atoms with van der Waals surface area (Å²) in [6, 6.07) is 7.79. The molecule has 33 heavy (non-hydrogen) atoms. The van der Waals surface area contributed by atoms with Gasteiger partial charge in [0.1, 0.15) is 5.82 Å². The normalized spacial score (nSPS) is 17.1. The van der Waals surface area contributed by atoms with Gasteiger partial charge in [-0.2, -0.15) is 13.2 Å². The summed E-state index contributed by atoms with van der Waals surface area (Å²) in [5, 5.41) is 10.3. The molecule has 1 fully saturated rings. The van der Waals surface area contributed by atoms with Crippen molar-refractivity contribution in [1.29, 1.82) is 0 Å². The van der Waals surface area contributed by atoms with Crippen LogP contribution in [0.1, 0.15) is 32.8 Å². The summed E-state index contributed by atoms with van der Waals surface area (Å²) in [6.07, 6.45) is -1.89. The fourth-order valence-corrected chi connectivity index (χ4v) is 3.75. The van der Waals surface area contributed by atoms with Crippen molar-refractivity contribution in [1.82, 2.24) is 19.9 Å². The van der Waals surface area contributed by atoms with E-state index in [1.165, 1.54) is 12.1 Å². The van der Waals surface area contributed by atoms with Crippen LogP contribution in [0.5, 0.6) is 0 Å². The molecule has 176 valence electrons. The van der Waals surface area contributed by atoms with E-state index < -0.39 is 23.1 Å². The maximum absolute atomic E-state index is 13.6. The number of nitrogens with one attached hydrogen (secondary N) is 2. The Bertz CT molecular complexity index is 1180. The summed E-state index contributed by atoms with van der Waals surface area (Å²) < 4.78 is 42.3. The maximum Gasteiger partial charge on any atom is 0.418 e. The smallest absolute Gasteiger partial charge is 0.354 e. The van der Waals surface area contributed by atoms with E-state index in [4.69, 9.17) is 0 Å². The number of hydrogen-bond donors (Lipinski definition) is 2. The van der Waals surface area contributed by atoms with Crippen molar-refractivity contribution < 1.29 is 18.0 Å². The molecule has 0 aliphatic carbocycles. The van der Waals surface area contributed by atoms with Crippen molar-refractivity contribution in [3.63, 3.8) is 0 Å². The van der Waals surface area contributed by atoms with Crippen molar-refractivity contribution in [2.24, 2.45) is 5.41 Å². The monoisotopic (exact) mass is 460 g/mol. The molecule has 1 aromatic carbocycles. The predicted octanol–water partition coefficient (Wildman–Crippen LogP) is 4.20. The Morgan fingerprint density at radius 3 is 2.55 bits per heavy atom. The van der Waals surface area contributed by atoms with Gasteiger partial charge in [-0.25, -0.2) is 9.50 Å². The summed E-state index contributed by atoms with van der Waals surface area (Å²) in [5.74, 6) is 0.312. The molecule has 1 atom stereocenters. The number of carbonyl (C=O) groups excluding carboxylic acids is 1. The highest BCUT2D eigenvalue weighted by Crippen LogP contribution is 2.37. The van der Waals surface area contributed by atoms with Gasteiger partial charge in [0.15, 0.2) is 5.65 Å². The van der Waals surface area contributed by atoms with Crippen LogP contribution in [-0.2, 0) is 11.0 Å². The minimum atomic E-state index is -4.60. The van der Waals surface area contributed by atoms with Crippen LogP contribution in [0.2, 0.25) is 0 Å². The molecule has 1 saturated heterocycles. The zero-order valence-electron chi connectivity index (χ0n) is 19.0. The van der Waals surface area contributed by atoms with E-state index in [-0.39, 0.29) is 5.69 Å². The molecule has 0 spiro atoms. The van der Waals surface area contributed by atoms with Crippen LogP contribution in [0, 0.1) is 5.41 Å². The Kier molecular flexibility index (Phi) is 5.81. The Morgan fingerprint density at radius 1 is 1.15 bits per heavy atom. The quantitative estimate of drug-likeness (QED) is 0.611. The number of likely N-dealkylation sites (N-methyl/N-ethyl adjacent to an activating group) is 1. The molecule has 0 radical (unpaired) electrons. The Morgan fingerprint density at radius 2 is 1.91 bits per heavy atom. The molecule has 2 aromatic heterocycles. The van der Waals surface area contributed by atoms with Gasteiger partial charge in [0.2, 0.25) is 5.91 Å². The van der Waals surface area contributed by atoms with Crippen molar-refractivity contribution in [2.75, 3.05) is 30.4 Å². The molecule has 1 aliphatic heterocycles. The first-order valence-electron chi connectivity index (χ1n) is 10.8. The lowest BCUT2D eigenvalue weighted by molar-refractivity contribution is -0.137. The summed E-state index contributed by atoms with van der Waals surface area (Å²) in [7, 11) is 1.94. The lowest BCUT2D eigenvalue weighted by atomic mass is 9.95. The summed E-state index contributed by atoms with van der Waals surface area (Å²) in [4.78, 5) is 19.1. The molecular formula is C23H27F3N6O. The van der Waals surface area contributed by atoms with Crippen molar-refractivity contribution in [3.8, 4) is 11.3 Å². The number of alkyl halides is 3. The van der Waals surface area contributed by atoms with Gasteiger partial charge >= 0.3 is 6.18 Å². The number of amides is 1. The molecule has 4 rings (SSSR count). The van der Waals surface area contributed by atoms with E-state index in [0.717, 1.165) is 31.4 Å².